The Morgan fingerprint density at radius 1 is 1.50 bits per heavy atom. The number of carbonyl (C=O) groups excluding carboxylic acids is 1. The molecule has 1 aromatic heterocycles. The van der Waals surface area contributed by atoms with Gasteiger partial charge in [-0.05, 0) is 13.8 Å². The van der Waals surface area contributed by atoms with Crippen LogP contribution in [0.3, 0.4) is 0 Å². The normalized spacial score (nSPS) is 11.1. The van der Waals surface area contributed by atoms with E-state index in [1.807, 2.05) is 18.7 Å². The fraction of sp³-hybridized carbons (Fsp3) is 0.700. The number of ether oxygens (including phenoxy) is 1. The number of methoxy groups -OCH3 is 1. The third-order valence-electron chi connectivity index (χ3n) is 2.20. The van der Waals surface area contributed by atoms with Gasteiger partial charge in [-0.15, -0.1) is 10.2 Å². The average molecular weight is 227 g/mol. The molecule has 1 rings (SSSR count). The first-order valence-electron chi connectivity index (χ1n) is 5.12. The van der Waals surface area contributed by atoms with E-state index < -0.39 is 0 Å². The van der Waals surface area contributed by atoms with Crippen LogP contribution in [0, 0.1) is 6.92 Å². The maximum absolute atomic E-state index is 11.2. The zero-order valence-electron chi connectivity index (χ0n) is 10.1. The maximum atomic E-state index is 11.2. The standard InChI is InChI=1S/C10H17N3O3/c1-7(2)13(6-10(14)15-4)5-9-12-11-8(3)16-9/h7H,5-6H2,1-4H3. The molecule has 0 amide bonds. The van der Waals surface area contributed by atoms with Gasteiger partial charge < -0.3 is 9.15 Å². The number of carbonyl (C=O) groups is 1. The molecule has 90 valence electrons. The van der Waals surface area contributed by atoms with Crippen molar-refractivity contribution in [1.29, 1.82) is 0 Å². The Morgan fingerprint density at radius 2 is 2.19 bits per heavy atom. The van der Waals surface area contributed by atoms with Crippen LogP contribution in [0.15, 0.2) is 4.42 Å². The Hall–Kier alpha value is -1.43. The fourth-order valence-corrected chi connectivity index (χ4v) is 1.23. The van der Waals surface area contributed by atoms with Crippen molar-refractivity contribution < 1.29 is 13.9 Å². The van der Waals surface area contributed by atoms with Gasteiger partial charge >= 0.3 is 5.97 Å². The molecule has 6 nitrogen and oxygen atoms in total. The van der Waals surface area contributed by atoms with Crippen molar-refractivity contribution >= 4 is 5.97 Å². The highest BCUT2D eigenvalue weighted by Crippen LogP contribution is 2.07. The molecule has 0 unspecified atom stereocenters. The molecule has 0 aliphatic carbocycles. The molecule has 0 fully saturated rings. The van der Waals surface area contributed by atoms with Crippen molar-refractivity contribution in [2.24, 2.45) is 0 Å². The molecular weight excluding hydrogens is 210 g/mol. The monoisotopic (exact) mass is 227 g/mol. The van der Waals surface area contributed by atoms with Crippen molar-refractivity contribution in [2.45, 2.75) is 33.4 Å². The smallest absolute Gasteiger partial charge is 0.319 e. The van der Waals surface area contributed by atoms with Gasteiger partial charge in [0.25, 0.3) is 0 Å². The summed E-state index contributed by atoms with van der Waals surface area (Å²) in [6.45, 7) is 6.39. The third-order valence-corrected chi connectivity index (χ3v) is 2.20. The third kappa shape index (κ3) is 3.62. The highest BCUT2D eigenvalue weighted by molar-refractivity contribution is 5.71. The molecule has 0 radical (unpaired) electrons. The number of hydrogen-bond donors (Lipinski definition) is 0. The van der Waals surface area contributed by atoms with Gasteiger partial charge in [0.2, 0.25) is 11.8 Å². The van der Waals surface area contributed by atoms with Crippen LogP contribution < -0.4 is 0 Å². The highest BCUT2D eigenvalue weighted by Gasteiger charge is 2.17. The van der Waals surface area contributed by atoms with E-state index in [2.05, 4.69) is 14.9 Å². The van der Waals surface area contributed by atoms with Crippen LogP contribution in [0.5, 0.6) is 0 Å². The Labute approximate surface area is 94.6 Å². The van der Waals surface area contributed by atoms with Crippen LogP contribution in [0.1, 0.15) is 25.6 Å². The van der Waals surface area contributed by atoms with Crippen molar-refractivity contribution in [1.82, 2.24) is 15.1 Å². The first-order chi connectivity index (χ1) is 7.52. The van der Waals surface area contributed by atoms with E-state index >= 15 is 0 Å². The van der Waals surface area contributed by atoms with E-state index in [4.69, 9.17) is 4.42 Å². The fourth-order valence-electron chi connectivity index (χ4n) is 1.23. The van der Waals surface area contributed by atoms with Gasteiger partial charge in [-0.2, -0.15) is 0 Å². The van der Waals surface area contributed by atoms with E-state index in [1.165, 1.54) is 7.11 Å². The van der Waals surface area contributed by atoms with Crippen molar-refractivity contribution in [2.75, 3.05) is 13.7 Å². The highest BCUT2D eigenvalue weighted by atomic mass is 16.5. The van der Waals surface area contributed by atoms with E-state index in [1.54, 1.807) is 6.92 Å². The van der Waals surface area contributed by atoms with Gasteiger partial charge in [0.15, 0.2) is 0 Å². The van der Waals surface area contributed by atoms with Crippen molar-refractivity contribution in [3.63, 3.8) is 0 Å². The predicted molar refractivity (Wildman–Crippen MR) is 56.6 cm³/mol. The number of nitrogens with zero attached hydrogens (tertiary/aromatic N) is 3. The second-order valence-corrected chi connectivity index (χ2v) is 3.79. The van der Waals surface area contributed by atoms with Crippen LogP contribution in [0.4, 0.5) is 0 Å². The van der Waals surface area contributed by atoms with Crippen LogP contribution in [0.25, 0.3) is 0 Å². The molecule has 0 atom stereocenters. The number of esters is 1. The topological polar surface area (TPSA) is 68.5 Å². The lowest BCUT2D eigenvalue weighted by molar-refractivity contribution is -0.142. The lowest BCUT2D eigenvalue weighted by Gasteiger charge is -2.23. The lowest BCUT2D eigenvalue weighted by atomic mass is 10.3. The van der Waals surface area contributed by atoms with E-state index in [0.29, 0.717) is 18.3 Å². The van der Waals surface area contributed by atoms with Gasteiger partial charge in [0.05, 0.1) is 20.2 Å². The largest absolute Gasteiger partial charge is 0.468 e. The molecule has 0 bridgehead atoms. The molecule has 0 N–H and O–H groups in total. The summed E-state index contributed by atoms with van der Waals surface area (Å²) in [6, 6.07) is 0.200. The molecule has 16 heavy (non-hydrogen) atoms. The summed E-state index contributed by atoms with van der Waals surface area (Å²) in [5, 5.41) is 7.63. The van der Waals surface area contributed by atoms with E-state index in [0.717, 1.165) is 0 Å². The second kappa shape index (κ2) is 5.60. The predicted octanol–water partition coefficient (Wildman–Crippen LogP) is 0.761. The van der Waals surface area contributed by atoms with Crippen LogP contribution >= 0.6 is 0 Å². The summed E-state index contributed by atoms with van der Waals surface area (Å²) in [5.41, 5.74) is 0. The van der Waals surface area contributed by atoms with Crippen molar-refractivity contribution in [3.05, 3.63) is 11.8 Å². The minimum absolute atomic E-state index is 0.200. The number of rotatable bonds is 5. The van der Waals surface area contributed by atoms with Crippen LogP contribution in [0.2, 0.25) is 0 Å². The number of aromatic nitrogens is 2. The molecule has 6 heteroatoms. The summed E-state index contributed by atoms with van der Waals surface area (Å²) in [7, 11) is 1.37. The van der Waals surface area contributed by atoms with Gasteiger partial charge in [-0.3, -0.25) is 9.69 Å². The Balaban J connectivity index is 2.61. The summed E-state index contributed by atoms with van der Waals surface area (Å²) >= 11 is 0. The number of hydrogen-bond acceptors (Lipinski definition) is 6. The average Bonchev–Trinajstić information content (AvgIpc) is 2.62. The Morgan fingerprint density at radius 3 is 2.62 bits per heavy atom. The molecule has 1 aromatic rings. The minimum atomic E-state index is -0.273. The number of aryl methyl sites for hydroxylation is 1. The van der Waals surface area contributed by atoms with Crippen LogP contribution in [-0.2, 0) is 16.1 Å². The SMILES string of the molecule is COC(=O)CN(Cc1nnc(C)o1)C(C)C. The molecule has 1 heterocycles. The zero-order valence-corrected chi connectivity index (χ0v) is 10.1. The molecule has 0 saturated heterocycles. The quantitative estimate of drug-likeness (QED) is 0.692. The first-order valence-corrected chi connectivity index (χ1v) is 5.12. The molecule has 0 saturated carbocycles. The van der Waals surface area contributed by atoms with Crippen molar-refractivity contribution in [3.8, 4) is 0 Å². The summed E-state index contributed by atoms with van der Waals surface area (Å²) in [6.07, 6.45) is 0. The van der Waals surface area contributed by atoms with Gasteiger partial charge in [0, 0.05) is 13.0 Å². The molecule has 0 aromatic carbocycles. The second-order valence-electron chi connectivity index (χ2n) is 3.79. The maximum Gasteiger partial charge on any atom is 0.319 e. The summed E-state index contributed by atoms with van der Waals surface area (Å²) in [5.74, 6) is 0.761. The zero-order chi connectivity index (χ0) is 12.1. The molecular formula is C10H17N3O3. The van der Waals surface area contributed by atoms with Gasteiger partial charge in [-0.25, -0.2) is 0 Å². The molecule has 0 aliphatic heterocycles. The molecule has 0 aliphatic rings. The molecule has 0 spiro atoms. The lowest BCUT2D eigenvalue weighted by Crippen LogP contribution is -2.35. The summed E-state index contributed by atoms with van der Waals surface area (Å²) < 4.78 is 9.89. The van der Waals surface area contributed by atoms with Crippen LogP contribution in [-0.4, -0.2) is 40.8 Å². The van der Waals surface area contributed by atoms with Gasteiger partial charge in [-0.1, -0.05) is 0 Å². The Bertz CT molecular complexity index is 349. The van der Waals surface area contributed by atoms with E-state index in [9.17, 15) is 4.79 Å². The minimum Gasteiger partial charge on any atom is -0.468 e. The first kappa shape index (κ1) is 12.6. The van der Waals surface area contributed by atoms with E-state index in [-0.39, 0.29) is 18.6 Å². The summed E-state index contributed by atoms with van der Waals surface area (Å²) in [4.78, 5) is 13.1. The van der Waals surface area contributed by atoms with Gasteiger partial charge in [0.1, 0.15) is 0 Å². The Kier molecular flexibility index (Phi) is 4.42.